The average molecular weight is 274 g/mol. The Labute approximate surface area is 122 Å². The van der Waals surface area contributed by atoms with E-state index in [0.717, 1.165) is 38.4 Å². The van der Waals surface area contributed by atoms with Gasteiger partial charge in [0.25, 0.3) is 0 Å². The average Bonchev–Trinajstić information content (AvgIpc) is 2.48. The highest BCUT2D eigenvalue weighted by Crippen LogP contribution is 2.25. The number of hydrogen-bond acceptors (Lipinski definition) is 3. The van der Waals surface area contributed by atoms with Crippen molar-refractivity contribution in [1.82, 2.24) is 10.3 Å². The molecule has 110 valence electrons. The normalized spacial score (nSPS) is 21.9. The maximum atomic E-state index is 5.83. The molecule has 0 saturated heterocycles. The summed E-state index contributed by atoms with van der Waals surface area (Å²) in [7, 11) is 0. The van der Waals surface area contributed by atoms with Crippen LogP contribution in [-0.2, 0) is 6.54 Å². The van der Waals surface area contributed by atoms with Crippen LogP contribution in [0.15, 0.2) is 30.5 Å². The summed E-state index contributed by atoms with van der Waals surface area (Å²) in [6.07, 6.45) is 9.90. The van der Waals surface area contributed by atoms with Crippen molar-refractivity contribution in [3.63, 3.8) is 0 Å². The van der Waals surface area contributed by atoms with Crippen molar-refractivity contribution in [3.8, 4) is 5.88 Å². The second kappa shape index (κ2) is 8.05. The molecule has 1 aromatic rings. The highest BCUT2D eigenvalue weighted by atomic mass is 16.5. The minimum absolute atomic E-state index is 0.618. The third-order valence-electron chi connectivity index (χ3n) is 3.92. The molecule has 1 N–H and O–H groups in total. The van der Waals surface area contributed by atoms with Crippen LogP contribution in [0.25, 0.3) is 0 Å². The van der Waals surface area contributed by atoms with Gasteiger partial charge in [-0.2, -0.15) is 0 Å². The molecule has 1 heterocycles. The molecule has 1 aliphatic carbocycles. The third-order valence-corrected chi connectivity index (χ3v) is 3.92. The first-order valence-corrected chi connectivity index (χ1v) is 7.73. The van der Waals surface area contributed by atoms with Gasteiger partial charge in [-0.15, -0.1) is 0 Å². The molecule has 0 bridgehead atoms. The van der Waals surface area contributed by atoms with Gasteiger partial charge >= 0.3 is 0 Å². The Kier molecular flexibility index (Phi) is 6.06. The monoisotopic (exact) mass is 274 g/mol. The Morgan fingerprint density at radius 2 is 2.15 bits per heavy atom. The lowest BCUT2D eigenvalue weighted by molar-refractivity contribution is 0.192. The Morgan fingerprint density at radius 3 is 2.85 bits per heavy atom. The fraction of sp³-hybridized carbons (Fsp3) is 0.588. The summed E-state index contributed by atoms with van der Waals surface area (Å²) in [6, 6.07) is 4.07. The third kappa shape index (κ3) is 4.64. The van der Waals surface area contributed by atoms with E-state index in [0.29, 0.717) is 11.8 Å². The number of ether oxygens (including phenoxy) is 1. The van der Waals surface area contributed by atoms with Crippen molar-refractivity contribution < 1.29 is 4.74 Å². The summed E-state index contributed by atoms with van der Waals surface area (Å²) in [4.78, 5) is 4.39. The van der Waals surface area contributed by atoms with Crippen molar-refractivity contribution in [2.45, 2.75) is 39.7 Å². The topological polar surface area (TPSA) is 34.1 Å². The zero-order chi connectivity index (χ0) is 14.2. The number of aromatic nitrogens is 1. The van der Waals surface area contributed by atoms with Gasteiger partial charge in [0.1, 0.15) is 0 Å². The maximum Gasteiger partial charge on any atom is 0.213 e. The summed E-state index contributed by atoms with van der Waals surface area (Å²) < 4.78 is 5.83. The van der Waals surface area contributed by atoms with Crippen molar-refractivity contribution in [1.29, 1.82) is 0 Å². The van der Waals surface area contributed by atoms with E-state index in [1.54, 1.807) is 0 Å². The SMILES string of the molecule is CCCNCc1ccc(OCC2CC=CCC2C)nc1. The van der Waals surface area contributed by atoms with Crippen molar-refractivity contribution >= 4 is 0 Å². The van der Waals surface area contributed by atoms with Crippen LogP contribution in [-0.4, -0.2) is 18.1 Å². The lowest BCUT2D eigenvalue weighted by Gasteiger charge is -2.24. The lowest BCUT2D eigenvalue weighted by atomic mass is 9.85. The molecule has 0 fully saturated rings. The van der Waals surface area contributed by atoms with Gasteiger partial charge in [-0.05, 0) is 43.2 Å². The molecule has 0 saturated carbocycles. The van der Waals surface area contributed by atoms with E-state index in [9.17, 15) is 0 Å². The minimum atomic E-state index is 0.618. The standard InChI is InChI=1S/C17H26N2O/c1-3-10-18-11-15-8-9-17(19-12-15)20-13-16-7-5-4-6-14(16)2/h4-5,8-9,12,14,16,18H,3,6-7,10-11,13H2,1-2H3. The van der Waals surface area contributed by atoms with E-state index in [1.165, 1.54) is 12.0 Å². The van der Waals surface area contributed by atoms with E-state index >= 15 is 0 Å². The molecule has 0 spiro atoms. The fourth-order valence-corrected chi connectivity index (χ4v) is 2.44. The molecule has 2 unspecified atom stereocenters. The zero-order valence-corrected chi connectivity index (χ0v) is 12.6. The Morgan fingerprint density at radius 1 is 1.30 bits per heavy atom. The second-order valence-corrected chi connectivity index (χ2v) is 5.67. The molecule has 3 heteroatoms. The van der Waals surface area contributed by atoms with E-state index in [1.807, 2.05) is 12.3 Å². The van der Waals surface area contributed by atoms with Crippen molar-refractivity contribution in [2.75, 3.05) is 13.2 Å². The molecule has 2 rings (SSSR count). The van der Waals surface area contributed by atoms with Crippen molar-refractivity contribution in [3.05, 3.63) is 36.0 Å². The summed E-state index contributed by atoms with van der Waals surface area (Å²) in [5, 5.41) is 3.37. The van der Waals surface area contributed by atoms with Gasteiger partial charge in [0, 0.05) is 18.8 Å². The van der Waals surface area contributed by atoms with Crippen LogP contribution >= 0.6 is 0 Å². The van der Waals surface area contributed by atoms with Gasteiger partial charge in [0.05, 0.1) is 6.61 Å². The van der Waals surface area contributed by atoms with Gasteiger partial charge in [-0.25, -0.2) is 4.98 Å². The highest BCUT2D eigenvalue weighted by Gasteiger charge is 2.18. The number of pyridine rings is 1. The van der Waals surface area contributed by atoms with Gasteiger partial charge in [0.2, 0.25) is 5.88 Å². The molecule has 0 amide bonds. The summed E-state index contributed by atoms with van der Waals surface area (Å²) in [5.74, 6) is 2.07. The van der Waals surface area contributed by atoms with Crippen molar-refractivity contribution in [2.24, 2.45) is 11.8 Å². The van der Waals surface area contributed by atoms with E-state index < -0.39 is 0 Å². The van der Waals surface area contributed by atoms with Crippen LogP contribution < -0.4 is 10.1 Å². The first-order chi connectivity index (χ1) is 9.79. The molecule has 2 atom stereocenters. The van der Waals surface area contributed by atoms with Crippen LogP contribution in [0.3, 0.4) is 0 Å². The van der Waals surface area contributed by atoms with E-state index in [2.05, 4.69) is 42.4 Å². The molecule has 1 aliphatic rings. The predicted octanol–water partition coefficient (Wildman–Crippen LogP) is 3.56. The Hall–Kier alpha value is -1.35. The molecular formula is C17H26N2O. The Balaban J connectivity index is 1.77. The van der Waals surface area contributed by atoms with Crippen LogP contribution in [0.2, 0.25) is 0 Å². The lowest BCUT2D eigenvalue weighted by Crippen LogP contribution is -2.21. The first-order valence-electron chi connectivity index (χ1n) is 7.73. The summed E-state index contributed by atoms with van der Waals surface area (Å²) in [6.45, 7) is 7.17. The predicted molar refractivity (Wildman–Crippen MR) is 82.8 cm³/mol. The number of nitrogens with one attached hydrogen (secondary N) is 1. The molecule has 0 radical (unpaired) electrons. The van der Waals surface area contributed by atoms with Crippen LogP contribution in [0.5, 0.6) is 5.88 Å². The van der Waals surface area contributed by atoms with Crippen LogP contribution in [0.4, 0.5) is 0 Å². The number of rotatable bonds is 7. The molecule has 3 nitrogen and oxygen atoms in total. The fourth-order valence-electron chi connectivity index (χ4n) is 2.44. The molecule has 0 aromatic carbocycles. The summed E-state index contributed by atoms with van der Waals surface area (Å²) >= 11 is 0. The van der Waals surface area contributed by atoms with Gasteiger partial charge in [0.15, 0.2) is 0 Å². The van der Waals surface area contributed by atoms with E-state index in [4.69, 9.17) is 4.74 Å². The van der Waals surface area contributed by atoms with Crippen LogP contribution in [0.1, 0.15) is 38.7 Å². The second-order valence-electron chi connectivity index (χ2n) is 5.67. The van der Waals surface area contributed by atoms with E-state index in [-0.39, 0.29) is 0 Å². The number of allylic oxidation sites excluding steroid dienone is 2. The molecule has 0 aliphatic heterocycles. The number of hydrogen-bond donors (Lipinski definition) is 1. The quantitative estimate of drug-likeness (QED) is 0.610. The minimum Gasteiger partial charge on any atom is -0.477 e. The zero-order valence-electron chi connectivity index (χ0n) is 12.6. The largest absolute Gasteiger partial charge is 0.477 e. The number of nitrogens with zero attached hydrogens (tertiary/aromatic N) is 1. The van der Waals surface area contributed by atoms with Gasteiger partial charge in [-0.1, -0.05) is 32.1 Å². The van der Waals surface area contributed by atoms with Gasteiger partial charge < -0.3 is 10.1 Å². The first kappa shape index (κ1) is 15.0. The maximum absolute atomic E-state index is 5.83. The molecule has 20 heavy (non-hydrogen) atoms. The molecular weight excluding hydrogens is 248 g/mol. The Bertz CT molecular complexity index is 414. The molecule has 1 aromatic heterocycles. The van der Waals surface area contributed by atoms with Crippen LogP contribution in [0, 0.1) is 11.8 Å². The summed E-state index contributed by atoms with van der Waals surface area (Å²) in [5.41, 5.74) is 1.21. The van der Waals surface area contributed by atoms with Gasteiger partial charge in [-0.3, -0.25) is 0 Å². The highest BCUT2D eigenvalue weighted by molar-refractivity contribution is 5.17. The smallest absolute Gasteiger partial charge is 0.213 e.